The molecule has 0 unspecified atom stereocenters. The van der Waals surface area contributed by atoms with Crippen LogP contribution in [0, 0.1) is 0 Å². The molecule has 0 aliphatic rings. The zero-order valence-corrected chi connectivity index (χ0v) is 10.5. The van der Waals surface area contributed by atoms with Crippen LogP contribution in [0.3, 0.4) is 0 Å². The van der Waals surface area contributed by atoms with Gasteiger partial charge in [-0.05, 0) is 0 Å². The van der Waals surface area contributed by atoms with Crippen molar-refractivity contribution in [2.45, 2.75) is 6.61 Å². The van der Waals surface area contributed by atoms with E-state index in [-0.39, 0.29) is 0 Å². The Morgan fingerprint density at radius 3 is 2.53 bits per heavy atom. The van der Waals surface area contributed by atoms with Crippen molar-refractivity contribution in [1.82, 2.24) is 0 Å². The molecule has 0 spiro atoms. The molecule has 0 bridgehead atoms. The number of methoxy groups -OCH3 is 1. The molecule has 0 aliphatic carbocycles. The van der Waals surface area contributed by atoms with E-state index in [0.29, 0.717) is 31.2 Å². The average Bonchev–Trinajstić information content (AvgIpc) is 2.47. The molecule has 0 radical (unpaired) electrons. The van der Waals surface area contributed by atoms with Gasteiger partial charge < -0.3 is 0 Å². The minimum absolute atomic E-state index is 0.374. The van der Waals surface area contributed by atoms with Gasteiger partial charge in [0.15, 0.2) is 0 Å². The number of hydrogen-bond acceptors (Lipinski definition) is 4. The Morgan fingerprint density at radius 2 is 1.84 bits per heavy atom. The van der Waals surface area contributed by atoms with Crippen molar-refractivity contribution in [1.29, 1.82) is 0 Å². The molecule has 4 nitrogen and oxygen atoms in total. The van der Waals surface area contributed by atoms with E-state index < -0.39 is 0 Å². The molecule has 0 heterocycles. The van der Waals surface area contributed by atoms with Crippen LogP contribution in [0.4, 0.5) is 0 Å². The molecule has 0 aromatic heterocycles. The summed E-state index contributed by atoms with van der Waals surface area (Å²) in [6.45, 7) is 0.449. The molecular weight excluding hydrogens is 243 g/mol. The fourth-order valence-corrected chi connectivity index (χ4v) is 1.63. The van der Waals surface area contributed by atoms with Gasteiger partial charge in [0.25, 0.3) is 0 Å². The van der Waals surface area contributed by atoms with Gasteiger partial charge in [0.05, 0.1) is 0 Å². The number of hydrogen-bond donors (Lipinski definition) is 0. The molecule has 5 heteroatoms. The molecule has 96 valence electrons. The summed E-state index contributed by atoms with van der Waals surface area (Å²) in [6.07, 6.45) is 0. The molecule has 2 rings (SSSR count). The van der Waals surface area contributed by atoms with E-state index in [4.69, 9.17) is 14.1 Å². The van der Waals surface area contributed by atoms with Gasteiger partial charge >= 0.3 is 111 Å². The Labute approximate surface area is 112 Å². The van der Waals surface area contributed by atoms with Crippen LogP contribution in [0.15, 0.2) is 48.5 Å². The predicted molar refractivity (Wildman–Crippen MR) is 70.8 cm³/mol. The van der Waals surface area contributed by atoms with Gasteiger partial charge in [-0.15, -0.1) is 0 Å². The van der Waals surface area contributed by atoms with Crippen molar-refractivity contribution in [2.24, 2.45) is 0 Å². The summed E-state index contributed by atoms with van der Waals surface area (Å²) < 4.78 is 25.9. The van der Waals surface area contributed by atoms with E-state index in [0.717, 1.165) is 5.56 Å². The van der Waals surface area contributed by atoms with Gasteiger partial charge in [-0.2, -0.15) is 0 Å². The molecular formula is C14H13BO4. The van der Waals surface area contributed by atoms with Crippen molar-refractivity contribution in [3.05, 3.63) is 54.1 Å². The fourth-order valence-electron chi connectivity index (χ4n) is 1.63. The topological polar surface area (TPSA) is 44.8 Å². The molecule has 0 fully saturated rings. The minimum atomic E-state index is 0.374. The zero-order chi connectivity index (χ0) is 13.5. The van der Waals surface area contributed by atoms with E-state index in [9.17, 15) is 4.70 Å². The van der Waals surface area contributed by atoms with Crippen LogP contribution < -0.4 is 14.1 Å². The summed E-state index contributed by atoms with van der Waals surface area (Å²) in [6, 6.07) is 14.8. The van der Waals surface area contributed by atoms with Crippen LogP contribution in [0.5, 0.6) is 17.2 Å². The maximum absolute atomic E-state index is 10.3. The van der Waals surface area contributed by atoms with Gasteiger partial charge in [-0.1, -0.05) is 0 Å². The Kier molecular flexibility index (Phi) is 4.56. The summed E-state index contributed by atoms with van der Waals surface area (Å²) in [7, 11) is 1.91. The fraction of sp³-hybridized carbons (Fsp3) is 0.143. The molecule has 19 heavy (non-hydrogen) atoms. The first-order chi connectivity index (χ1) is 9.33. The second kappa shape index (κ2) is 6.59. The second-order valence-corrected chi connectivity index (χ2v) is 3.80. The van der Waals surface area contributed by atoms with Crippen LogP contribution >= 0.6 is 0 Å². The Balaban J connectivity index is 2.09. The summed E-state index contributed by atoms with van der Waals surface area (Å²) in [5.74, 6) is 1.54. The molecule has 2 aromatic rings. The van der Waals surface area contributed by atoms with E-state index in [1.54, 1.807) is 18.2 Å². The predicted octanol–water partition coefficient (Wildman–Crippen LogP) is 2.62. The molecule has 0 aliphatic heterocycles. The van der Waals surface area contributed by atoms with Crippen LogP contribution in [-0.2, 0) is 11.3 Å². The van der Waals surface area contributed by atoms with Crippen molar-refractivity contribution in [3.63, 3.8) is 0 Å². The third-order valence-corrected chi connectivity index (χ3v) is 2.56. The zero-order valence-electron chi connectivity index (χ0n) is 10.5. The van der Waals surface area contributed by atoms with Gasteiger partial charge in [0.2, 0.25) is 0 Å². The third-order valence-electron chi connectivity index (χ3n) is 2.56. The normalized spacial score (nSPS) is 9.53. The van der Waals surface area contributed by atoms with Crippen molar-refractivity contribution < 1.29 is 18.8 Å². The SMILES string of the molecule is COc1cc(OB=O)ccc1OCc1ccccc1. The molecule has 0 atom stereocenters. The maximum atomic E-state index is 10.3. The molecule has 0 N–H and O–H groups in total. The van der Waals surface area contributed by atoms with Gasteiger partial charge in [0, 0.05) is 0 Å². The monoisotopic (exact) mass is 256 g/mol. The molecule has 0 saturated heterocycles. The molecule has 0 amide bonds. The Morgan fingerprint density at radius 1 is 1.05 bits per heavy atom. The van der Waals surface area contributed by atoms with E-state index in [1.807, 2.05) is 30.3 Å². The standard InChI is InChI=1S/C14H13BO4/c1-17-14-9-12(19-15-16)7-8-13(14)18-10-11-5-3-2-4-6-11/h2-9H,10H2,1H3. The van der Waals surface area contributed by atoms with E-state index in [2.05, 4.69) is 0 Å². The summed E-state index contributed by atoms with van der Waals surface area (Å²) >= 11 is 0. The quantitative estimate of drug-likeness (QED) is 0.745. The first-order valence-corrected chi connectivity index (χ1v) is 5.78. The Hall–Kier alpha value is -2.30. The van der Waals surface area contributed by atoms with E-state index in [1.165, 1.54) is 7.11 Å². The van der Waals surface area contributed by atoms with Crippen LogP contribution in [-0.4, -0.2) is 14.5 Å². The second-order valence-electron chi connectivity index (χ2n) is 3.80. The van der Waals surface area contributed by atoms with Crippen LogP contribution in [0.2, 0.25) is 0 Å². The van der Waals surface area contributed by atoms with Crippen molar-refractivity contribution in [3.8, 4) is 17.2 Å². The third kappa shape index (κ3) is 3.58. The van der Waals surface area contributed by atoms with Crippen LogP contribution in [0.25, 0.3) is 0 Å². The average molecular weight is 256 g/mol. The van der Waals surface area contributed by atoms with Crippen molar-refractivity contribution >= 4 is 7.35 Å². The van der Waals surface area contributed by atoms with Gasteiger partial charge in [-0.25, -0.2) is 0 Å². The molecule has 0 saturated carbocycles. The van der Waals surface area contributed by atoms with Crippen LogP contribution in [0.1, 0.15) is 5.56 Å². The van der Waals surface area contributed by atoms with Gasteiger partial charge in [0.1, 0.15) is 0 Å². The Bertz CT molecular complexity index is 542. The first kappa shape index (κ1) is 13.1. The van der Waals surface area contributed by atoms with E-state index >= 15 is 0 Å². The summed E-state index contributed by atoms with van der Waals surface area (Å²) in [5.41, 5.74) is 1.07. The number of rotatable bonds is 6. The summed E-state index contributed by atoms with van der Waals surface area (Å²) in [4.78, 5) is 0. The first-order valence-electron chi connectivity index (χ1n) is 5.78. The van der Waals surface area contributed by atoms with Crippen molar-refractivity contribution in [2.75, 3.05) is 7.11 Å². The number of benzene rings is 2. The number of ether oxygens (including phenoxy) is 2. The van der Waals surface area contributed by atoms with Gasteiger partial charge in [-0.3, -0.25) is 0 Å². The molecule has 2 aromatic carbocycles. The summed E-state index contributed by atoms with van der Waals surface area (Å²) in [5, 5.41) is 0.